The van der Waals surface area contributed by atoms with Gasteiger partial charge in [-0.1, -0.05) is 18.5 Å². The Morgan fingerprint density at radius 2 is 1.78 bits per heavy atom. The van der Waals surface area contributed by atoms with E-state index in [0.29, 0.717) is 12.0 Å². The molecule has 0 aliphatic heterocycles. The molecule has 0 atom stereocenters. The fraction of sp³-hybridized carbons (Fsp3) is 0.158. The van der Waals surface area contributed by atoms with Crippen LogP contribution in [0, 0.1) is 17.5 Å². The van der Waals surface area contributed by atoms with E-state index in [1.54, 1.807) is 0 Å². The first-order chi connectivity index (χ1) is 12.9. The molecule has 0 saturated heterocycles. The van der Waals surface area contributed by atoms with Crippen molar-refractivity contribution in [3.63, 3.8) is 0 Å². The summed E-state index contributed by atoms with van der Waals surface area (Å²) < 4.78 is 47.3. The minimum absolute atomic E-state index is 0.105. The number of hydrogen-bond acceptors (Lipinski definition) is 3. The minimum atomic E-state index is -0.791. The van der Waals surface area contributed by atoms with Crippen molar-refractivity contribution in [2.45, 2.75) is 13.3 Å². The molecular formula is C19H14ClF3N2O2. The second-order valence-corrected chi connectivity index (χ2v) is 6.04. The average Bonchev–Trinajstić information content (AvgIpc) is 2.99. The summed E-state index contributed by atoms with van der Waals surface area (Å²) >= 11 is 6.33. The number of carbonyl (C=O) groups is 1. The number of halogens is 4. The summed E-state index contributed by atoms with van der Waals surface area (Å²) in [6, 6.07) is 7.97. The Morgan fingerprint density at radius 3 is 2.44 bits per heavy atom. The third-order valence-corrected chi connectivity index (χ3v) is 4.07. The van der Waals surface area contributed by atoms with Crippen LogP contribution in [0.4, 0.5) is 13.2 Å². The Balaban J connectivity index is 2.22. The van der Waals surface area contributed by atoms with Crippen LogP contribution in [-0.4, -0.2) is 22.4 Å². The molecule has 3 rings (SSSR count). The van der Waals surface area contributed by atoms with Gasteiger partial charge in [0.05, 0.1) is 12.3 Å². The van der Waals surface area contributed by atoms with Crippen molar-refractivity contribution in [1.82, 2.24) is 9.78 Å². The van der Waals surface area contributed by atoms with Gasteiger partial charge in [-0.05, 0) is 42.8 Å². The van der Waals surface area contributed by atoms with Gasteiger partial charge in [-0.3, -0.25) is 0 Å². The fourth-order valence-corrected chi connectivity index (χ4v) is 2.78. The number of ether oxygens (including phenoxy) is 1. The lowest BCUT2D eigenvalue weighted by Crippen LogP contribution is -2.09. The number of aromatic nitrogens is 2. The van der Waals surface area contributed by atoms with Crippen molar-refractivity contribution in [2.75, 3.05) is 6.61 Å². The summed E-state index contributed by atoms with van der Waals surface area (Å²) in [5.74, 6) is -2.74. The average molecular weight is 395 g/mol. The van der Waals surface area contributed by atoms with Crippen LogP contribution in [0.1, 0.15) is 23.8 Å². The van der Waals surface area contributed by atoms with E-state index in [0.717, 1.165) is 22.9 Å². The summed E-state index contributed by atoms with van der Waals surface area (Å²) in [6.07, 6.45) is 0.591. The number of nitrogens with zero attached hydrogens (tertiary/aromatic N) is 2. The normalized spacial score (nSPS) is 10.9. The SMILES string of the molecule is CCCOC(=O)c1nn(-c2cc(F)ccc2F)c(-c2ccc(F)cc2)c1Cl. The highest BCUT2D eigenvalue weighted by molar-refractivity contribution is 6.35. The smallest absolute Gasteiger partial charge is 0.360 e. The molecule has 0 amide bonds. The van der Waals surface area contributed by atoms with E-state index in [-0.39, 0.29) is 28.7 Å². The molecule has 8 heteroatoms. The maximum Gasteiger partial charge on any atom is 0.360 e. The van der Waals surface area contributed by atoms with E-state index >= 15 is 0 Å². The molecule has 0 aliphatic rings. The summed E-state index contributed by atoms with van der Waals surface area (Å²) in [7, 11) is 0. The van der Waals surface area contributed by atoms with Gasteiger partial charge >= 0.3 is 5.97 Å². The topological polar surface area (TPSA) is 44.1 Å². The molecule has 0 aliphatic carbocycles. The Hall–Kier alpha value is -2.80. The molecule has 2 aromatic carbocycles. The van der Waals surface area contributed by atoms with Crippen molar-refractivity contribution in [3.05, 3.63) is 70.6 Å². The molecule has 0 saturated carbocycles. The molecule has 3 aromatic rings. The van der Waals surface area contributed by atoms with Crippen LogP contribution in [0.3, 0.4) is 0 Å². The monoisotopic (exact) mass is 394 g/mol. The predicted molar refractivity (Wildman–Crippen MR) is 94.5 cm³/mol. The van der Waals surface area contributed by atoms with E-state index in [2.05, 4.69) is 5.10 Å². The van der Waals surface area contributed by atoms with E-state index in [4.69, 9.17) is 16.3 Å². The van der Waals surface area contributed by atoms with E-state index in [1.807, 2.05) is 6.92 Å². The lowest BCUT2D eigenvalue weighted by atomic mass is 10.1. The lowest BCUT2D eigenvalue weighted by Gasteiger charge is -2.09. The van der Waals surface area contributed by atoms with Gasteiger partial charge in [0.25, 0.3) is 0 Å². The first-order valence-corrected chi connectivity index (χ1v) is 8.47. The van der Waals surface area contributed by atoms with Crippen molar-refractivity contribution < 1.29 is 22.7 Å². The Bertz CT molecular complexity index is 987. The molecular weight excluding hydrogens is 381 g/mol. The van der Waals surface area contributed by atoms with Gasteiger partial charge in [0.15, 0.2) is 5.69 Å². The highest BCUT2D eigenvalue weighted by Crippen LogP contribution is 2.34. The van der Waals surface area contributed by atoms with Crippen LogP contribution in [0.2, 0.25) is 5.02 Å². The molecule has 0 radical (unpaired) electrons. The fourth-order valence-electron chi connectivity index (χ4n) is 2.47. The molecule has 0 fully saturated rings. The van der Waals surface area contributed by atoms with E-state index < -0.39 is 23.4 Å². The zero-order valence-electron chi connectivity index (χ0n) is 14.2. The first kappa shape index (κ1) is 19.0. The Morgan fingerprint density at radius 1 is 1.11 bits per heavy atom. The van der Waals surface area contributed by atoms with Gasteiger partial charge < -0.3 is 4.74 Å². The highest BCUT2D eigenvalue weighted by Gasteiger charge is 2.26. The van der Waals surface area contributed by atoms with Gasteiger partial charge in [-0.25, -0.2) is 22.6 Å². The molecule has 4 nitrogen and oxygen atoms in total. The number of hydrogen-bond donors (Lipinski definition) is 0. The van der Waals surface area contributed by atoms with Gasteiger partial charge in [0, 0.05) is 11.6 Å². The number of benzene rings is 2. The maximum atomic E-state index is 14.3. The molecule has 0 spiro atoms. The molecule has 27 heavy (non-hydrogen) atoms. The number of carbonyl (C=O) groups excluding carboxylic acids is 1. The van der Waals surface area contributed by atoms with Gasteiger partial charge in [-0.15, -0.1) is 0 Å². The van der Waals surface area contributed by atoms with Crippen LogP contribution in [0.15, 0.2) is 42.5 Å². The second-order valence-electron chi connectivity index (χ2n) is 5.66. The third-order valence-electron chi connectivity index (χ3n) is 3.71. The largest absolute Gasteiger partial charge is 0.461 e. The van der Waals surface area contributed by atoms with E-state index in [1.165, 1.54) is 24.3 Å². The highest BCUT2D eigenvalue weighted by atomic mass is 35.5. The van der Waals surface area contributed by atoms with Crippen LogP contribution >= 0.6 is 11.6 Å². The standard InChI is InChI=1S/C19H14ClF3N2O2/c1-2-9-27-19(26)17-16(20)18(11-3-5-12(21)6-4-11)25(24-17)15-10-13(22)7-8-14(15)23/h3-8,10H,2,9H2,1H3. The molecule has 0 unspecified atom stereocenters. The van der Waals surface area contributed by atoms with Crippen molar-refractivity contribution >= 4 is 17.6 Å². The molecule has 0 N–H and O–H groups in total. The number of esters is 1. The summed E-state index contributed by atoms with van der Waals surface area (Å²) in [6.45, 7) is 1.97. The zero-order valence-corrected chi connectivity index (χ0v) is 14.9. The molecule has 140 valence electrons. The maximum absolute atomic E-state index is 14.3. The molecule has 0 bridgehead atoms. The zero-order chi connectivity index (χ0) is 19.6. The van der Waals surface area contributed by atoms with Crippen LogP contribution in [0.5, 0.6) is 0 Å². The summed E-state index contributed by atoms with van der Waals surface area (Å²) in [5.41, 5.74) is -0.00409. The quantitative estimate of drug-likeness (QED) is 0.560. The third kappa shape index (κ3) is 3.83. The summed E-state index contributed by atoms with van der Waals surface area (Å²) in [4.78, 5) is 12.2. The lowest BCUT2D eigenvalue weighted by molar-refractivity contribution is 0.0498. The molecule has 1 aromatic heterocycles. The van der Waals surface area contributed by atoms with Crippen molar-refractivity contribution in [1.29, 1.82) is 0 Å². The minimum Gasteiger partial charge on any atom is -0.461 e. The van der Waals surface area contributed by atoms with Crippen LogP contribution in [0.25, 0.3) is 16.9 Å². The van der Waals surface area contributed by atoms with Crippen LogP contribution < -0.4 is 0 Å². The van der Waals surface area contributed by atoms with Gasteiger partial charge in [0.1, 0.15) is 28.2 Å². The van der Waals surface area contributed by atoms with E-state index in [9.17, 15) is 18.0 Å². The Labute approximate surface area is 158 Å². The summed E-state index contributed by atoms with van der Waals surface area (Å²) in [5, 5.41) is 3.94. The number of rotatable bonds is 5. The van der Waals surface area contributed by atoms with Crippen molar-refractivity contribution in [3.8, 4) is 16.9 Å². The van der Waals surface area contributed by atoms with Crippen molar-refractivity contribution in [2.24, 2.45) is 0 Å². The van der Waals surface area contributed by atoms with Gasteiger partial charge in [0.2, 0.25) is 0 Å². The second kappa shape index (κ2) is 7.84. The predicted octanol–water partition coefficient (Wildman–Crippen LogP) is 5.18. The van der Waals surface area contributed by atoms with Crippen LogP contribution in [-0.2, 0) is 4.74 Å². The molecule has 1 heterocycles. The first-order valence-electron chi connectivity index (χ1n) is 8.09. The Kier molecular flexibility index (Phi) is 5.51. The van der Waals surface area contributed by atoms with Gasteiger partial charge in [-0.2, -0.15) is 5.10 Å².